The molecule has 0 unspecified atom stereocenters. The highest BCUT2D eigenvalue weighted by Crippen LogP contribution is 2.40. The predicted octanol–water partition coefficient (Wildman–Crippen LogP) is 3.58. The zero-order chi connectivity index (χ0) is 19.0. The van der Waals surface area contributed by atoms with Gasteiger partial charge >= 0.3 is 0 Å². The molecule has 1 saturated carbocycles. The van der Waals surface area contributed by atoms with Gasteiger partial charge in [-0.25, -0.2) is 4.98 Å². The van der Waals surface area contributed by atoms with Crippen LogP contribution in [0.15, 0.2) is 23.4 Å². The number of hydrogen-bond donors (Lipinski definition) is 1. The van der Waals surface area contributed by atoms with Crippen molar-refractivity contribution in [3.05, 3.63) is 35.2 Å². The Labute approximate surface area is 163 Å². The summed E-state index contributed by atoms with van der Waals surface area (Å²) < 4.78 is 13.5. The SMILES string of the molecule is Cc1nc(SCC(=O)N[C@@H](C)c2ccc3c(c2)OCCO3)n(C2CC2)c1C. The number of nitrogens with zero attached hydrogens (tertiary/aromatic N) is 2. The number of aromatic nitrogens is 2. The van der Waals surface area contributed by atoms with Crippen LogP contribution in [0.3, 0.4) is 0 Å². The smallest absolute Gasteiger partial charge is 0.230 e. The second-order valence-corrected chi connectivity index (χ2v) is 8.09. The highest BCUT2D eigenvalue weighted by atomic mass is 32.2. The molecule has 7 heteroatoms. The number of hydrogen-bond acceptors (Lipinski definition) is 5. The lowest BCUT2D eigenvalue weighted by Gasteiger charge is -2.21. The average Bonchev–Trinajstić information content (AvgIpc) is 3.46. The van der Waals surface area contributed by atoms with Gasteiger partial charge in [0.25, 0.3) is 0 Å². The van der Waals surface area contributed by atoms with E-state index in [0.29, 0.717) is 25.0 Å². The number of imidazole rings is 1. The third-order valence-electron chi connectivity index (χ3n) is 5.04. The van der Waals surface area contributed by atoms with Crippen molar-refractivity contribution in [2.24, 2.45) is 0 Å². The molecule has 1 aromatic carbocycles. The molecule has 1 N–H and O–H groups in total. The molecule has 1 fully saturated rings. The number of amides is 1. The van der Waals surface area contributed by atoms with Gasteiger partial charge in [-0.3, -0.25) is 4.79 Å². The van der Waals surface area contributed by atoms with Crippen molar-refractivity contribution in [3.8, 4) is 11.5 Å². The van der Waals surface area contributed by atoms with Gasteiger partial charge in [0.05, 0.1) is 17.5 Å². The van der Waals surface area contributed by atoms with Gasteiger partial charge in [-0.1, -0.05) is 17.8 Å². The number of aryl methyl sites for hydroxylation is 1. The van der Waals surface area contributed by atoms with Crippen LogP contribution >= 0.6 is 11.8 Å². The van der Waals surface area contributed by atoms with E-state index in [-0.39, 0.29) is 11.9 Å². The number of carbonyl (C=O) groups is 1. The third kappa shape index (κ3) is 3.93. The lowest BCUT2D eigenvalue weighted by molar-refractivity contribution is -0.119. The standard InChI is InChI=1S/C20H25N3O3S/c1-12-14(3)23(16-5-6-16)20(22-12)27-11-19(24)21-13(2)15-4-7-17-18(10-15)26-9-8-25-17/h4,7,10,13,16H,5-6,8-9,11H2,1-3H3,(H,21,24)/t13-/m0/s1. The summed E-state index contributed by atoms with van der Waals surface area (Å²) in [6, 6.07) is 6.28. The van der Waals surface area contributed by atoms with Crippen LogP contribution in [-0.2, 0) is 4.79 Å². The fourth-order valence-corrected chi connectivity index (χ4v) is 4.26. The molecule has 27 heavy (non-hydrogen) atoms. The fourth-order valence-electron chi connectivity index (χ4n) is 3.29. The molecule has 6 nitrogen and oxygen atoms in total. The molecular formula is C20H25N3O3S. The fraction of sp³-hybridized carbons (Fsp3) is 0.500. The summed E-state index contributed by atoms with van der Waals surface area (Å²) >= 11 is 1.51. The molecule has 4 rings (SSSR count). The van der Waals surface area contributed by atoms with Crippen molar-refractivity contribution >= 4 is 17.7 Å². The van der Waals surface area contributed by atoms with Crippen LogP contribution in [0.1, 0.15) is 48.8 Å². The Morgan fingerprint density at radius 2 is 2.04 bits per heavy atom. The second-order valence-electron chi connectivity index (χ2n) is 7.15. The van der Waals surface area contributed by atoms with Crippen LogP contribution in [0.2, 0.25) is 0 Å². The molecule has 1 aliphatic heterocycles. The minimum Gasteiger partial charge on any atom is -0.486 e. The zero-order valence-corrected chi connectivity index (χ0v) is 16.8. The first-order valence-corrected chi connectivity index (χ1v) is 10.4. The number of thioether (sulfide) groups is 1. The first kappa shape index (κ1) is 18.2. The van der Waals surface area contributed by atoms with E-state index in [1.807, 2.05) is 32.0 Å². The Morgan fingerprint density at radius 1 is 1.30 bits per heavy atom. The number of nitrogens with one attached hydrogen (secondary N) is 1. The monoisotopic (exact) mass is 387 g/mol. The Hall–Kier alpha value is -2.15. The number of fused-ring (bicyclic) bond motifs is 1. The third-order valence-corrected chi connectivity index (χ3v) is 6.00. The van der Waals surface area contributed by atoms with E-state index >= 15 is 0 Å². The van der Waals surface area contributed by atoms with Gasteiger partial charge in [0.15, 0.2) is 16.7 Å². The van der Waals surface area contributed by atoms with E-state index < -0.39 is 0 Å². The summed E-state index contributed by atoms with van der Waals surface area (Å²) in [6.45, 7) is 7.25. The molecule has 0 spiro atoms. The second kappa shape index (κ2) is 7.46. The molecule has 0 saturated heterocycles. The van der Waals surface area contributed by atoms with E-state index in [1.54, 1.807) is 0 Å². The maximum Gasteiger partial charge on any atom is 0.230 e. The molecule has 1 aromatic heterocycles. The molecule has 1 aliphatic carbocycles. The van der Waals surface area contributed by atoms with Crippen LogP contribution in [0.5, 0.6) is 11.5 Å². The largest absolute Gasteiger partial charge is 0.486 e. The number of ether oxygens (including phenoxy) is 2. The van der Waals surface area contributed by atoms with Gasteiger partial charge in [0.2, 0.25) is 5.91 Å². The van der Waals surface area contributed by atoms with Crippen LogP contribution in [0, 0.1) is 13.8 Å². The summed E-state index contributed by atoms with van der Waals surface area (Å²) in [5, 5.41) is 4.02. The zero-order valence-electron chi connectivity index (χ0n) is 15.9. The van der Waals surface area contributed by atoms with E-state index in [2.05, 4.69) is 21.8 Å². The first-order valence-electron chi connectivity index (χ1n) is 9.40. The summed E-state index contributed by atoms with van der Waals surface area (Å²) in [5.74, 6) is 1.86. The maximum atomic E-state index is 12.5. The highest BCUT2D eigenvalue weighted by molar-refractivity contribution is 7.99. The van der Waals surface area contributed by atoms with Gasteiger partial charge in [0.1, 0.15) is 13.2 Å². The Bertz CT molecular complexity index is 860. The van der Waals surface area contributed by atoms with E-state index in [0.717, 1.165) is 27.9 Å². The minimum atomic E-state index is -0.0967. The Kier molecular flexibility index (Phi) is 5.04. The summed E-state index contributed by atoms with van der Waals surface area (Å²) in [5.41, 5.74) is 3.27. The van der Waals surface area contributed by atoms with Gasteiger partial charge in [-0.2, -0.15) is 0 Å². The molecular weight excluding hydrogens is 362 g/mol. The van der Waals surface area contributed by atoms with Gasteiger partial charge in [-0.15, -0.1) is 0 Å². The molecule has 1 amide bonds. The highest BCUT2D eigenvalue weighted by Gasteiger charge is 2.29. The van der Waals surface area contributed by atoms with Crippen LogP contribution in [0.25, 0.3) is 0 Å². The van der Waals surface area contributed by atoms with Crippen molar-refractivity contribution in [3.63, 3.8) is 0 Å². The summed E-state index contributed by atoms with van der Waals surface area (Å²) in [7, 11) is 0. The topological polar surface area (TPSA) is 65.4 Å². The normalized spacial score (nSPS) is 16.9. The van der Waals surface area contributed by atoms with Crippen molar-refractivity contribution in [1.82, 2.24) is 14.9 Å². The molecule has 0 radical (unpaired) electrons. The molecule has 2 aromatic rings. The van der Waals surface area contributed by atoms with Gasteiger partial charge in [-0.05, 0) is 51.3 Å². The van der Waals surface area contributed by atoms with Crippen LogP contribution in [-0.4, -0.2) is 34.4 Å². The maximum absolute atomic E-state index is 12.5. The van der Waals surface area contributed by atoms with Crippen LogP contribution in [0.4, 0.5) is 0 Å². The lowest BCUT2D eigenvalue weighted by Crippen LogP contribution is -2.28. The number of carbonyl (C=O) groups excluding carboxylic acids is 1. The van der Waals surface area contributed by atoms with Crippen molar-refractivity contribution in [2.45, 2.75) is 50.9 Å². The van der Waals surface area contributed by atoms with E-state index in [1.165, 1.54) is 30.3 Å². The number of benzene rings is 1. The molecule has 2 aliphatic rings. The predicted molar refractivity (Wildman–Crippen MR) is 105 cm³/mol. The van der Waals surface area contributed by atoms with Crippen molar-refractivity contribution in [1.29, 1.82) is 0 Å². The lowest BCUT2D eigenvalue weighted by atomic mass is 10.1. The number of rotatable bonds is 6. The quantitative estimate of drug-likeness (QED) is 0.768. The van der Waals surface area contributed by atoms with Crippen molar-refractivity contribution < 1.29 is 14.3 Å². The minimum absolute atomic E-state index is 0.00282. The molecule has 0 bridgehead atoms. The molecule has 2 heterocycles. The van der Waals surface area contributed by atoms with Crippen molar-refractivity contribution in [2.75, 3.05) is 19.0 Å². The van der Waals surface area contributed by atoms with Crippen LogP contribution < -0.4 is 14.8 Å². The molecule has 144 valence electrons. The molecule has 1 atom stereocenters. The Morgan fingerprint density at radius 3 is 2.78 bits per heavy atom. The average molecular weight is 388 g/mol. The van der Waals surface area contributed by atoms with Gasteiger partial charge < -0.3 is 19.4 Å². The summed E-state index contributed by atoms with van der Waals surface area (Å²) in [4.78, 5) is 17.1. The Balaban J connectivity index is 1.36. The van der Waals surface area contributed by atoms with E-state index in [4.69, 9.17) is 9.47 Å². The first-order chi connectivity index (χ1) is 13.0. The van der Waals surface area contributed by atoms with Gasteiger partial charge in [0, 0.05) is 11.7 Å². The summed E-state index contributed by atoms with van der Waals surface area (Å²) in [6.07, 6.45) is 2.41. The van der Waals surface area contributed by atoms with E-state index in [9.17, 15) is 4.79 Å².